The summed E-state index contributed by atoms with van der Waals surface area (Å²) in [5.74, 6) is -1.75. The molecule has 2 fully saturated rings. The van der Waals surface area contributed by atoms with Crippen LogP contribution in [-0.2, 0) is 19.9 Å². The normalized spacial score (nSPS) is 34.0. The van der Waals surface area contributed by atoms with Crippen LogP contribution >= 0.6 is 0 Å². The summed E-state index contributed by atoms with van der Waals surface area (Å²) >= 11 is 0. The van der Waals surface area contributed by atoms with E-state index in [0.717, 1.165) is 24.1 Å². The van der Waals surface area contributed by atoms with Crippen LogP contribution in [0.15, 0.2) is 24.3 Å². The molecule has 3 amide bonds. The first-order valence-electron chi connectivity index (χ1n) is 8.56. The van der Waals surface area contributed by atoms with E-state index in [2.05, 4.69) is 10.6 Å². The van der Waals surface area contributed by atoms with E-state index >= 15 is 0 Å². The van der Waals surface area contributed by atoms with Crippen LogP contribution in [-0.4, -0.2) is 35.2 Å². The van der Waals surface area contributed by atoms with Crippen molar-refractivity contribution in [1.29, 1.82) is 0 Å². The molecule has 3 aliphatic rings. The van der Waals surface area contributed by atoms with Gasteiger partial charge in [0.2, 0.25) is 17.7 Å². The number of rotatable bonds is 3. The van der Waals surface area contributed by atoms with Crippen molar-refractivity contribution in [2.24, 2.45) is 11.8 Å². The van der Waals surface area contributed by atoms with Crippen molar-refractivity contribution in [1.82, 2.24) is 10.2 Å². The molecule has 0 bridgehead atoms. The van der Waals surface area contributed by atoms with Gasteiger partial charge >= 0.3 is 0 Å². The van der Waals surface area contributed by atoms with E-state index in [1.165, 1.54) is 4.90 Å². The Morgan fingerprint density at radius 2 is 1.92 bits per heavy atom. The average Bonchev–Trinajstić information content (AvgIpc) is 3.12. The van der Waals surface area contributed by atoms with Crippen LogP contribution < -0.4 is 10.6 Å². The summed E-state index contributed by atoms with van der Waals surface area (Å²) < 4.78 is 0. The molecule has 0 radical (unpaired) electrons. The summed E-state index contributed by atoms with van der Waals surface area (Å²) in [5.41, 5.74) is 0.358. The lowest BCUT2D eigenvalue weighted by atomic mass is 9.76. The molecule has 0 saturated carbocycles. The van der Waals surface area contributed by atoms with Gasteiger partial charge in [-0.05, 0) is 19.4 Å². The molecule has 24 heavy (non-hydrogen) atoms. The number of unbranched alkanes of at least 4 members (excludes halogenated alkanes) is 1. The van der Waals surface area contributed by atoms with E-state index in [1.54, 1.807) is 0 Å². The molecule has 2 unspecified atom stereocenters. The van der Waals surface area contributed by atoms with Crippen LogP contribution in [0.4, 0.5) is 5.69 Å². The quantitative estimate of drug-likeness (QED) is 0.819. The minimum Gasteiger partial charge on any atom is -0.324 e. The first-order valence-corrected chi connectivity index (χ1v) is 8.56. The third kappa shape index (κ3) is 1.72. The zero-order valence-corrected chi connectivity index (χ0v) is 13.8. The minimum atomic E-state index is -1.13. The summed E-state index contributed by atoms with van der Waals surface area (Å²) in [6.45, 7) is 4.35. The first-order chi connectivity index (χ1) is 11.5. The van der Waals surface area contributed by atoms with Crippen LogP contribution in [0, 0.1) is 11.8 Å². The lowest BCUT2D eigenvalue weighted by Crippen LogP contribution is -2.52. The molecule has 3 heterocycles. The number of hydrogen-bond donors (Lipinski definition) is 2. The smallest absolute Gasteiger partial charge is 0.250 e. The topological polar surface area (TPSA) is 78.5 Å². The summed E-state index contributed by atoms with van der Waals surface area (Å²) in [6, 6.07) is 7.18. The van der Waals surface area contributed by atoms with E-state index in [9.17, 15) is 14.4 Å². The summed E-state index contributed by atoms with van der Waals surface area (Å²) in [7, 11) is 0. The van der Waals surface area contributed by atoms with Gasteiger partial charge in [0.1, 0.15) is 5.54 Å². The van der Waals surface area contributed by atoms with E-state index in [1.807, 2.05) is 38.1 Å². The molecule has 0 aliphatic carbocycles. The Morgan fingerprint density at radius 3 is 2.67 bits per heavy atom. The van der Waals surface area contributed by atoms with Gasteiger partial charge in [-0.1, -0.05) is 31.5 Å². The van der Waals surface area contributed by atoms with Crippen LogP contribution in [0.1, 0.15) is 32.3 Å². The highest BCUT2D eigenvalue weighted by Gasteiger charge is 2.69. The number of para-hydroxylation sites is 1. The number of nitrogens with one attached hydrogen (secondary N) is 2. The van der Waals surface area contributed by atoms with Crippen molar-refractivity contribution >= 4 is 23.4 Å². The van der Waals surface area contributed by atoms with Crippen molar-refractivity contribution in [2.45, 2.75) is 38.3 Å². The average molecular weight is 327 g/mol. The monoisotopic (exact) mass is 327 g/mol. The predicted molar refractivity (Wildman–Crippen MR) is 88.0 cm³/mol. The molecule has 1 aromatic rings. The highest BCUT2D eigenvalue weighted by molar-refractivity contribution is 6.15. The Kier molecular flexibility index (Phi) is 3.28. The molecule has 126 valence electrons. The van der Waals surface area contributed by atoms with Gasteiger partial charge < -0.3 is 5.32 Å². The molecule has 3 aliphatic heterocycles. The van der Waals surface area contributed by atoms with E-state index < -0.39 is 17.4 Å². The van der Waals surface area contributed by atoms with Gasteiger partial charge in [-0.25, -0.2) is 0 Å². The molecule has 2 N–H and O–H groups in total. The maximum absolute atomic E-state index is 13.1. The first kappa shape index (κ1) is 15.3. The van der Waals surface area contributed by atoms with Gasteiger partial charge in [0.25, 0.3) is 0 Å². The highest BCUT2D eigenvalue weighted by Crippen LogP contribution is 2.52. The molecular formula is C18H21N3O3. The number of amides is 3. The third-order valence-corrected chi connectivity index (χ3v) is 5.60. The molecule has 4 atom stereocenters. The molecule has 2 saturated heterocycles. The van der Waals surface area contributed by atoms with Crippen molar-refractivity contribution < 1.29 is 14.4 Å². The van der Waals surface area contributed by atoms with Crippen LogP contribution in [0.25, 0.3) is 0 Å². The number of imide groups is 1. The molecule has 0 aromatic heterocycles. The number of fused-ring (bicyclic) bond motifs is 4. The second kappa shape index (κ2) is 5.14. The number of likely N-dealkylation sites (tertiary alicyclic amines) is 1. The lowest BCUT2D eigenvalue weighted by Gasteiger charge is -2.29. The Hall–Kier alpha value is -2.21. The Labute approximate surface area is 140 Å². The fourth-order valence-electron chi connectivity index (χ4n) is 4.52. The van der Waals surface area contributed by atoms with E-state index in [4.69, 9.17) is 0 Å². The molecular weight excluding hydrogens is 306 g/mol. The van der Waals surface area contributed by atoms with Gasteiger partial charge in [0, 0.05) is 23.8 Å². The molecule has 4 rings (SSSR count). The molecule has 6 heteroatoms. The van der Waals surface area contributed by atoms with Crippen LogP contribution in [0.5, 0.6) is 0 Å². The Morgan fingerprint density at radius 1 is 1.17 bits per heavy atom. The number of anilines is 1. The number of carbonyl (C=O) groups excluding carboxylic acids is 3. The lowest BCUT2D eigenvalue weighted by molar-refractivity contribution is -0.142. The Bertz CT molecular complexity index is 747. The second-order valence-corrected chi connectivity index (χ2v) is 6.93. The SMILES string of the molecule is CCCCN1C(=O)[C@H]2C(C)NC3(C(=O)Nc4ccccc43)[C@H]2C1=O. The van der Waals surface area contributed by atoms with Crippen molar-refractivity contribution in [3.8, 4) is 0 Å². The largest absolute Gasteiger partial charge is 0.324 e. The number of carbonyl (C=O) groups is 3. The van der Waals surface area contributed by atoms with Crippen LogP contribution in [0.2, 0.25) is 0 Å². The van der Waals surface area contributed by atoms with Crippen molar-refractivity contribution in [3.63, 3.8) is 0 Å². The zero-order valence-electron chi connectivity index (χ0n) is 13.8. The maximum Gasteiger partial charge on any atom is 0.250 e. The highest BCUT2D eigenvalue weighted by atomic mass is 16.2. The standard InChI is InChI=1S/C18H21N3O3/c1-3-4-9-21-15(22)13-10(2)20-18(14(13)16(21)23)11-7-5-6-8-12(11)19-17(18)24/h5-8,10,13-14,20H,3-4,9H2,1-2H3,(H,19,24)/t10?,13-,14+,18?/m0/s1. The molecule has 1 spiro atoms. The van der Waals surface area contributed by atoms with E-state index in [0.29, 0.717) is 6.54 Å². The molecule has 6 nitrogen and oxygen atoms in total. The number of nitrogens with zero attached hydrogens (tertiary/aromatic N) is 1. The predicted octanol–water partition coefficient (Wildman–Crippen LogP) is 1.23. The molecule has 1 aromatic carbocycles. The van der Waals surface area contributed by atoms with E-state index in [-0.39, 0.29) is 23.8 Å². The van der Waals surface area contributed by atoms with Crippen molar-refractivity contribution in [2.75, 3.05) is 11.9 Å². The number of benzene rings is 1. The van der Waals surface area contributed by atoms with Gasteiger partial charge in [-0.3, -0.25) is 24.6 Å². The minimum absolute atomic E-state index is 0.146. The summed E-state index contributed by atoms with van der Waals surface area (Å²) in [4.78, 5) is 40.1. The van der Waals surface area contributed by atoms with Gasteiger partial charge in [0.05, 0.1) is 11.8 Å². The van der Waals surface area contributed by atoms with Gasteiger partial charge in [-0.2, -0.15) is 0 Å². The fourth-order valence-corrected chi connectivity index (χ4v) is 4.52. The van der Waals surface area contributed by atoms with Gasteiger partial charge in [0.15, 0.2) is 0 Å². The maximum atomic E-state index is 13.1. The summed E-state index contributed by atoms with van der Waals surface area (Å²) in [5, 5.41) is 6.17. The van der Waals surface area contributed by atoms with Crippen molar-refractivity contribution in [3.05, 3.63) is 29.8 Å². The second-order valence-electron chi connectivity index (χ2n) is 6.93. The summed E-state index contributed by atoms with van der Waals surface area (Å²) in [6.07, 6.45) is 1.70. The van der Waals surface area contributed by atoms with Crippen LogP contribution in [0.3, 0.4) is 0 Å². The fraction of sp³-hybridized carbons (Fsp3) is 0.500. The number of hydrogen-bond acceptors (Lipinski definition) is 4. The third-order valence-electron chi connectivity index (χ3n) is 5.60. The van der Waals surface area contributed by atoms with Gasteiger partial charge in [-0.15, -0.1) is 0 Å². The Balaban J connectivity index is 1.82. The zero-order chi connectivity index (χ0) is 17.1.